The van der Waals surface area contributed by atoms with E-state index in [1.54, 1.807) is 23.1 Å². The zero-order valence-corrected chi connectivity index (χ0v) is 21.3. The van der Waals surface area contributed by atoms with Gasteiger partial charge in [-0.15, -0.1) is 0 Å². The van der Waals surface area contributed by atoms with Crippen molar-refractivity contribution in [2.24, 2.45) is 0 Å². The number of methoxy groups -OCH3 is 1. The van der Waals surface area contributed by atoms with Crippen molar-refractivity contribution < 1.29 is 46.6 Å². The molecule has 0 unspecified atom stereocenters. The van der Waals surface area contributed by atoms with Crippen LogP contribution in [0.2, 0.25) is 0 Å². The number of anilines is 1. The summed E-state index contributed by atoms with van der Waals surface area (Å²) in [5, 5.41) is 1.26. The molecule has 2 aliphatic rings. The van der Waals surface area contributed by atoms with E-state index in [-0.39, 0.29) is 23.2 Å². The first-order valence-electron chi connectivity index (χ1n) is 11.5. The fourth-order valence-corrected chi connectivity index (χ4v) is 4.52. The standard InChI is InChI=1S/C25H22F3N3O7S/c1-36-18-10-14(2-5-17(18)38-13-21(33)30-6-8-37-9-7-30)11-19-24(34)31(25(35)39-19)12-20(32)29-16-4-3-15(26)22(27)23(16)28/h2-5,10-11H,6-9,12-13H2,1H3,(H,29,32)/b19-11-. The molecule has 0 radical (unpaired) electrons. The maximum Gasteiger partial charge on any atom is 0.294 e. The van der Waals surface area contributed by atoms with Gasteiger partial charge < -0.3 is 24.4 Å². The van der Waals surface area contributed by atoms with E-state index in [0.717, 1.165) is 6.07 Å². The number of halogens is 3. The van der Waals surface area contributed by atoms with Gasteiger partial charge in [0.15, 0.2) is 35.6 Å². The average molecular weight is 566 g/mol. The van der Waals surface area contributed by atoms with Crippen LogP contribution in [-0.2, 0) is 19.1 Å². The lowest BCUT2D eigenvalue weighted by atomic mass is 10.2. The normalized spacial score (nSPS) is 16.6. The number of benzene rings is 2. The molecule has 2 aromatic rings. The first-order chi connectivity index (χ1) is 18.7. The van der Waals surface area contributed by atoms with E-state index >= 15 is 0 Å². The van der Waals surface area contributed by atoms with Crippen molar-refractivity contribution in [2.45, 2.75) is 0 Å². The molecule has 1 N–H and O–H groups in total. The second-order valence-electron chi connectivity index (χ2n) is 8.23. The predicted octanol–water partition coefficient (Wildman–Crippen LogP) is 3.03. The first-order valence-corrected chi connectivity index (χ1v) is 12.3. The number of thioether (sulfide) groups is 1. The van der Waals surface area contributed by atoms with Gasteiger partial charge in [0.1, 0.15) is 6.54 Å². The van der Waals surface area contributed by atoms with Gasteiger partial charge in [-0.2, -0.15) is 0 Å². The summed E-state index contributed by atoms with van der Waals surface area (Å²) in [6.45, 7) is 0.922. The highest BCUT2D eigenvalue weighted by molar-refractivity contribution is 8.18. The van der Waals surface area contributed by atoms with Crippen molar-refractivity contribution in [1.29, 1.82) is 0 Å². The Balaban J connectivity index is 1.40. The minimum absolute atomic E-state index is 0.00465. The van der Waals surface area contributed by atoms with Crippen LogP contribution >= 0.6 is 11.8 Å². The van der Waals surface area contributed by atoms with Crippen LogP contribution in [0, 0.1) is 17.5 Å². The number of carbonyl (C=O) groups is 4. The third-order valence-electron chi connectivity index (χ3n) is 5.68. The van der Waals surface area contributed by atoms with E-state index in [1.807, 2.05) is 5.32 Å². The molecule has 2 saturated heterocycles. The van der Waals surface area contributed by atoms with Crippen molar-refractivity contribution in [3.05, 3.63) is 58.3 Å². The van der Waals surface area contributed by atoms with Crippen LogP contribution in [0.3, 0.4) is 0 Å². The second kappa shape index (κ2) is 12.2. The summed E-state index contributed by atoms with van der Waals surface area (Å²) in [6, 6.07) is 6.12. The molecular weight excluding hydrogens is 543 g/mol. The van der Waals surface area contributed by atoms with Gasteiger partial charge in [-0.1, -0.05) is 6.07 Å². The van der Waals surface area contributed by atoms with Gasteiger partial charge in [-0.25, -0.2) is 13.2 Å². The van der Waals surface area contributed by atoms with E-state index < -0.39 is 46.7 Å². The molecule has 2 heterocycles. The fraction of sp³-hybridized carbons (Fsp3) is 0.280. The lowest BCUT2D eigenvalue weighted by Crippen LogP contribution is -2.43. The van der Waals surface area contributed by atoms with Crippen molar-refractivity contribution in [2.75, 3.05) is 51.9 Å². The van der Waals surface area contributed by atoms with Crippen molar-refractivity contribution in [1.82, 2.24) is 9.80 Å². The van der Waals surface area contributed by atoms with Crippen molar-refractivity contribution in [3.8, 4) is 11.5 Å². The molecule has 0 bridgehead atoms. The molecule has 14 heteroatoms. The molecular formula is C25H22F3N3O7S. The van der Waals surface area contributed by atoms with Crippen molar-refractivity contribution >= 4 is 46.5 Å². The second-order valence-corrected chi connectivity index (χ2v) is 9.22. The number of nitrogens with one attached hydrogen (secondary N) is 1. The minimum Gasteiger partial charge on any atom is -0.493 e. The van der Waals surface area contributed by atoms with E-state index in [9.17, 15) is 32.3 Å². The summed E-state index contributed by atoms with van der Waals surface area (Å²) in [6.07, 6.45) is 1.41. The Labute approximate surface area is 224 Å². The molecule has 39 heavy (non-hydrogen) atoms. The highest BCUT2D eigenvalue weighted by Crippen LogP contribution is 2.34. The molecule has 2 fully saturated rings. The Morgan fingerprint density at radius 2 is 1.82 bits per heavy atom. The summed E-state index contributed by atoms with van der Waals surface area (Å²) >= 11 is 0.583. The molecule has 0 aromatic heterocycles. The molecule has 0 aliphatic carbocycles. The Hall–Kier alpha value is -4.04. The Bertz CT molecular complexity index is 1350. The minimum atomic E-state index is -1.77. The average Bonchev–Trinajstić information content (AvgIpc) is 3.19. The summed E-state index contributed by atoms with van der Waals surface area (Å²) < 4.78 is 56.5. The van der Waals surface area contributed by atoms with Gasteiger partial charge in [0, 0.05) is 13.1 Å². The van der Waals surface area contributed by atoms with Crippen LogP contribution in [0.15, 0.2) is 35.2 Å². The third kappa shape index (κ3) is 6.52. The number of nitrogens with zero attached hydrogens (tertiary/aromatic N) is 2. The molecule has 4 amide bonds. The molecule has 206 valence electrons. The third-order valence-corrected chi connectivity index (χ3v) is 6.59. The molecule has 0 spiro atoms. The predicted molar refractivity (Wildman–Crippen MR) is 134 cm³/mol. The molecule has 0 atom stereocenters. The topological polar surface area (TPSA) is 114 Å². The number of carbonyl (C=O) groups excluding carboxylic acids is 4. The summed E-state index contributed by atoms with van der Waals surface area (Å²) in [5.74, 6) is -6.19. The lowest BCUT2D eigenvalue weighted by molar-refractivity contribution is -0.137. The molecule has 4 rings (SSSR count). The van der Waals surface area contributed by atoms with E-state index in [1.165, 1.54) is 13.2 Å². The monoisotopic (exact) mass is 565 g/mol. The number of amides is 4. The van der Waals surface area contributed by atoms with Crippen LogP contribution in [0.25, 0.3) is 6.08 Å². The number of imide groups is 1. The smallest absolute Gasteiger partial charge is 0.294 e. The van der Waals surface area contributed by atoms with Gasteiger partial charge in [0.05, 0.1) is 30.9 Å². The zero-order valence-electron chi connectivity index (χ0n) is 20.5. The number of hydrogen-bond acceptors (Lipinski definition) is 8. The Kier molecular flexibility index (Phi) is 8.76. The molecule has 2 aromatic carbocycles. The Morgan fingerprint density at radius 3 is 2.54 bits per heavy atom. The van der Waals surface area contributed by atoms with Gasteiger partial charge in [-0.05, 0) is 47.7 Å². The van der Waals surface area contributed by atoms with Crippen LogP contribution in [0.1, 0.15) is 5.56 Å². The summed E-state index contributed by atoms with van der Waals surface area (Å²) in [4.78, 5) is 52.0. The van der Waals surface area contributed by atoms with Crippen LogP contribution < -0.4 is 14.8 Å². The van der Waals surface area contributed by atoms with Gasteiger partial charge >= 0.3 is 0 Å². The van der Waals surface area contributed by atoms with Crippen LogP contribution in [-0.4, -0.2) is 79.3 Å². The molecule has 10 nitrogen and oxygen atoms in total. The largest absolute Gasteiger partial charge is 0.493 e. The Morgan fingerprint density at radius 1 is 1.08 bits per heavy atom. The number of rotatable bonds is 8. The number of morpholine rings is 1. The van der Waals surface area contributed by atoms with E-state index in [0.29, 0.717) is 60.3 Å². The van der Waals surface area contributed by atoms with Gasteiger partial charge in [-0.3, -0.25) is 24.1 Å². The maximum absolute atomic E-state index is 13.8. The van der Waals surface area contributed by atoms with Crippen molar-refractivity contribution in [3.63, 3.8) is 0 Å². The quantitative estimate of drug-likeness (QED) is 0.384. The summed E-state index contributed by atoms with van der Waals surface area (Å²) in [5.41, 5.74) is -0.167. The molecule has 0 saturated carbocycles. The molecule has 2 aliphatic heterocycles. The number of ether oxygens (including phenoxy) is 3. The first kappa shape index (κ1) is 28.0. The maximum atomic E-state index is 13.8. The van der Waals surface area contributed by atoms with Gasteiger partial charge in [0.2, 0.25) is 5.91 Å². The summed E-state index contributed by atoms with van der Waals surface area (Å²) in [7, 11) is 1.40. The number of hydrogen-bond donors (Lipinski definition) is 1. The highest BCUT2D eigenvalue weighted by Gasteiger charge is 2.36. The lowest BCUT2D eigenvalue weighted by Gasteiger charge is -2.26. The van der Waals surface area contributed by atoms with E-state index in [4.69, 9.17) is 14.2 Å². The van der Waals surface area contributed by atoms with Gasteiger partial charge in [0.25, 0.3) is 17.1 Å². The SMILES string of the molecule is COc1cc(/C=C2\SC(=O)N(CC(=O)Nc3ccc(F)c(F)c3F)C2=O)ccc1OCC(=O)N1CCOCC1. The van der Waals surface area contributed by atoms with Crippen LogP contribution in [0.4, 0.5) is 23.7 Å². The fourth-order valence-electron chi connectivity index (χ4n) is 3.68. The van der Waals surface area contributed by atoms with Crippen LogP contribution in [0.5, 0.6) is 11.5 Å². The zero-order chi connectivity index (χ0) is 28.1. The highest BCUT2D eigenvalue weighted by atomic mass is 32.2. The van der Waals surface area contributed by atoms with E-state index in [2.05, 4.69) is 0 Å².